The summed E-state index contributed by atoms with van der Waals surface area (Å²) < 4.78 is 21.9. The van der Waals surface area contributed by atoms with E-state index in [4.69, 9.17) is 0 Å². The third kappa shape index (κ3) is 14.0. The molecule has 110 valence electrons. The van der Waals surface area contributed by atoms with E-state index >= 15 is 0 Å². The zero-order valence-corrected chi connectivity index (χ0v) is 15.1. The van der Waals surface area contributed by atoms with Crippen molar-refractivity contribution in [2.75, 3.05) is 25.1 Å². The summed E-state index contributed by atoms with van der Waals surface area (Å²) in [6, 6.07) is 0. The lowest BCUT2D eigenvalue weighted by atomic mass is 10.1. The average Bonchev–Trinajstić information content (AvgIpc) is 2.08. The van der Waals surface area contributed by atoms with Crippen LogP contribution in [0.2, 0.25) is 0 Å². The van der Waals surface area contributed by atoms with E-state index in [1.165, 1.54) is 6.26 Å². The number of rotatable bonds is 5. The first-order valence-electron chi connectivity index (χ1n) is 5.88. The Kier molecular flexibility index (Phi) is 10.1. The quantitative estimate of drug-likeness (QED) is 0.322. The Morgan fingerprint density at radius 1 is 1.28 bits per heavy atom. The van der Waals surface area contributed by atoms with Crippen molar-refractivity contribution in [2.45, 2.75) is 39.7 Å². The zero-order chi connectivity index (χ0) is 13.5. The molecule has 7 heteroatoms. The summed E-state index contributed by atoms with van der Waals surface area (Å²) in [6.07, 6.45) is 1.80. The Hall–Kier alpha value is -0.0500. The van der Waals surface area contributed by atoms with Gasteiger partial charge in [-0.05, 0) is 34.1 Å². The maximum atomic E-state index is 11.0. The number of hydrogen-bond acceptors (Lipinski definition) is 3. The van der Waals surface area contributed by atoms with Crippen molar-refractivity contribution in [1.29, 1.82) is 0 Å². The maximum absolute atomic E-state index is 11.0. The normalized spacial score (nSPS) is 12.8. The fourth-order valence-corrected chi connectivity index (χ4v) is 1.83. The van der Waals surface area contributed by atoms with Gasteiger partial charge in [0.2, 0.25) is 0 Å². The van der Waals surface area contributed by atoms with Crippen LogP contribution in [0.15, 0.2) is 4.99 Å². The van der Waals surface area contributed by atoms with E-state index < -0.39 is 9.84 Å². The lowest BCUT2D eigenvalue weighted by molar-refractivity contribution is 0.501. The van der Waals surface area contributed by atoms with Crippen molar-refractivity contribution in [2.24, 2.45) is 4.99 Å². The van der Waals surface area contributed by atoms with E-state index in [0.29, 0.717) is 13.0 Å². The summed E-state index contributed by atoms with van der Waals surface area (Å²) in [5.41, 5.74) is -0.0577. The van der Waals surface area contributed by atoms with Crippen LogP contribution in [0.1, 0.15) is 34.1 Å². The molecule has 0 aromatic heterocycles. The molecule has 0 saturated heterocycles. The average molecular weight is 391 g/mol. The Morgan fingerprint density at radius 2 is 1.83 bits per heavy atom. The van der Waals surface area contributed by atoms with Gasteiger partial charge in [0.1, 0.15) is 9.84 Å². The van der Waals surface area contributed by atoms with Crippen LogP contribution in [0, 0.1) is 0 Å². The molecule has 0 aliphatic rings. The summed E-state index contributed by atoms with van der Waals surface area (Å²) in [6.45, 7) is 9.45. The highest BCUT2D eigenvalue weighted by molar-refractivity contribution is 14.0. The SMILES string of the molecule is CCNC(=NCCCS(C)(=O)=O)NC(C)(C)C.I. The molecule has 0 bridgehead atoms. The van der Waals surface area contributed by atoms with Crippen LogP contribution in [-0.2, 0) is 9.84 Å². The largest absolute Gasteiger partial charge is 0.357 e. The van der Waals surface area contributed by atoms with Gasteiger partial charge in [0, 0.05) is 24.9 Å². The van der Waals surface area contributed by atoms with Crippen molar-refractivity contribution >= 4 is 39.8 Å². The van der Waals surface area contributed by atoms with Gasteiger partial charge in [-0.3, -0.25) is 4.99 Å². The molecule has 0 aromatic carbocycles. The van der Waals surface area contributed by atoms with Gasteiger partial charge in [0.05, 0.1) is 5.75 Å². The molecular weight excluding hydrogens is 365 g/mol. The van der Waals surface area contributed by atoms with Crippen molar-refractivity contribution in [3.63, 3.8) is 0 Å². The number of nitrogens with zero attached hydrogens (tertiary/aromatic N) is 1. The minimum absolute atomic E-state index is 0. The number of guanidine groups is 1. The molecule has 0 radical (unpaired) electrons. The fourth-order valence-electron chi connectivity index (χ4n) is 1.18. The molecule has 2 N–H and O–H groups in total. The third-order valence-electron chi connectivity index (χ3n) is 1.78. The Labute approximate surface area is 128 Å². The van der Waals surface area contributed by atoms with Gasteiger partial charge in [-0.1, -0.05) is 0 Å². The summed E-state index contributed by atoms with van der Waals surface area (Å²) in [5.74, 6) is 0.916. The molecule has 0 spiro atoms. The van der Waals surface area contributed by atoms with E-state index in [-0.39, 0.29) is 35.3 Å². The molecular formula is C11H26IN3O2S. The molecule has 0 aromatic rings. The molecule has 0 amide bonds. The minimum Gasteiger partial charge on any atom is -0.357 e. The van der Waals surface area contributed by atoms with E-state index in [1.807, 2.05) is 6.92 Å². The number of aliphatic imine (C=N–C) groups is 1. The summed E-state index contributed by atoms with van der Waals surface area (Å²) >= 11 is 0. The lowest BCUT2D eigenvalue weighted by Crippen LogP contribution is -2.47. The standard InChI is InChI=1S/C11H25N3O2S.HI/c1-6-12-10(14-11(2,3)4)13-8-7-9-17(5,15)16;/h6-9H2,1-5H3,(H2,12,13,14);1H. The van der Waals surface area contributed by atoms with E-state index in [2.05, 4.69) is 36.4 Å². The monoisotopic (exact) mass is 391 g/mol. The summed E-state index contributed by atoms with van der Waals surface area (Å²) in [5, 5.41) is 6.37. The third-order valence-corrected chi connectivity index (χ3v) is 2.81. The Morgan fingerprint density at radius 3 is 2.22 bits per heavy atom. The predicted molar refractivity (Wildman–Crippen MR) is 88.6 cm³/mol. The van der Waals surface area contributed by atoms with Crippen LogP contribution >= 0.6 is 24.0 Å². The van der Waals surface area contributed by atoms with Crippen molar-refractivity contribution in [1.82, 2.24) is 10.6 Å². The highest BCUT2D eigenvalue weighted by atomic mass is 127. The second-order valence-electron chi connectivity index (χ2n) is 5.12. The minimum atomic E-state index is -2.88. The Balaban J connectivity index is 0. The van der Waals surface area contributed by atoms with Crippen molar-refractivity contribution < 1.29 is 8.42 Å². The lowest BCUT2D eigenvalue weighted by Gasteiger charge is -2.23. The van der Waals surface area contributed by atoms with Gasteiger partial charge in [-0.2, -0.15) is 0 Å². The number of nitrogens with one attached hydrogen (secondary N) is 2. The Bertz CT molecular complexity index is 348. The van der Waals surface area contributed by atoms with Crippen LogP contribution in [-0.4, -0.2) is 45.0 Å². The van der Waals surface area contributed by atoms with Gasteiger partial charge in [-0.15, -0.1) is 24.0 Å². The summed E-state index contributed by atoms with van der Waals surface area (Å²) in [7, 11) is -2.88. The van der Waals surface area contributed by atoms with Gasteiger partial charge < -0.3 is 10.6 Å². The van der Waals surface area contributed by atoms with Crippen LogP contribution in [0.4, 0.5) is 0 Å². The smallest absolute Gasteiger partial charge is 0.191 e. The van der Waals surface area contributed by atoms with Crippen molar-refractivity contribution in [3.05, 3.63) is 0 Å². The second kappa shape index (κ2) is 8.95. The van der Waals surface area contributed by atoms with E-state index in [1.54, 1.807) is 0 Å². The molecule has 0 unspecified atom stereocenters. The number of halogens is 1. The maximum Gasteiger partial charge on any atom is 0.191 e. The number of sulfone groups is 1. The van der Waals surface area contributed by atoms with Crippen LogP contribution in [0.25, 0.3) is 0 Å². The molecule has 0 aliphatic heterocycles. The highest BCUT2D eigenvalue weighted by Crippen LogP contribution is 1.98. The van der Waals surface area contributed by atoms with Gasteiger partial charge in [0.25, 0.3) is 0 Å². The molecule has 0 saturated carbocycles. The zero-order valence-electron chi connectivity index (χ0n) is 11.9. The molecule has 5 nitrogen and oxygen atoms in total. The van der Waals surface area contributed by atoms with Gasteiger partial charge >= 0.3 is 0 Å². The molecule has 0 atom stereocenters. The molecule has 0 fully saturated rings. The first kappa shape index (κ1) is 20.3. The van der Waals surface area contributed by atoms with E-state index in [0.717, 1.165) is 12.5 Å². The second-order valence-corrected chi connectivity index (χ2v) is 7.38. The molecule has 0 aliphatic carbocycles. The van der Waals surface area contributed by atoms with Crippen molar-refractivity contribution in [3.8, 4) is 0 Å². The summed E-state index contributed by atoms with van der Waals surface area (Å²) in [4.78, 5) is 4.33. The first-order valence-corrected chi connectivity index (χ1v) is 7.94. The van der Waals surface area contributed by atoms with Crippen LogP contribution < -0.4 is 10.6 Å². The molecule has 0 heterocycles. The number of hydrogen-bond donors (Lipinski definition) is 2. The van der Waals surface area contributed by atoms with E-state index in [9.17, 15) is 8.42 Å². The fraction of sp³-hybridized carbons (Fsp3) is 0.909. The first-order chi connectivity index (χ1) is 7.64. The highest BCUT2D eigenvalue weighted by Gasteiger charge is 2.11. The molecule has 0 rings (SSSR count). The predicted octanol–water partition coefficient (Wildman–Crippen LogP) is 1.39. The van der Waals surface area contributed by atoms with Gasteiger partial charge in [-0.25, -0.2) is 8.42 Å². The molecule has 18 heavy (non-hydrogen) atoms. The van der Waals surface area contributed by atoms with Crippen LogP contribution in [0.5, 0.6) is 0 Å². The topological polar surface area (TPSA) is 70.6 Å². The van der Waals surface area contributed by atoms with Gasteiger partial charge in [0.15, 0.2) is 5.96 Å². The van der Waals surface area contributed by atoms with Crippen LogP contribution in [0.3, 0.4) is 0 Å².